The number of aliphatic hydroxyl groups is 1. The molecule has 5 heteroatoms. The van der Waals surface area contributed by atoms with E-state index in [4.69, 9.17) is 5.11 Å². The largest absolute Gasteiger partial charge is 0.395 e. The maximum atomic E-state index is 12.0. The lowest BCUT2D eigenvalue weighted by Crippen LogP contribution is -2.34. The van der Waals surface area contributed by atoms with E-state index in [1.54, 1.807) is 11.0 Å². The molecule has 1 aromatic rings. The minimum Gasteiger partial charge on any atom is -0.395 e. The molecule has 0 aliphatic heterocycles. The minimum absolute atomic E-state index is 0.0151. The summed E-state index contributed by atoms with van der Waals surface area (Å²) in [4.78, 5) is 14.7. The zero-order chi connectivity index (χ0) is 14.3. The Hall–Kier alpha value is -0.780. The van der Waals surface area contributed by atoms with Crippen molar-refractivity contribution in [2.45, 2.75) is 11.8 Å². The highest BCUT2D eigenvalue weighted by atomic mass is 79.9. The highest BCUT2D eigenvalue weighted by Crippen LogP contribution is 2.25. The first-order valence-electron chi connectivity index (χ1n) is 5.97. The van der Waals surface area contributed by atoms with E-state index in [0.29, 0.717) is 18.8 Å². The minimum atomic E-state index is -0.0262. The standard InChI is InChI=1S/C14H18BrNO2S/c1-3-6-16(7-8-17)14(18)10-19-13-5-4-12(15)9-11(13)2/h3-5,9,17H,1,6-8,10H2,2H3. The second-order valence-corrected chi connectivity index (χ2v) is 5.98. The molecule has 0 spiro atoms. The van der Waals surface area contributed by atoms with Gasteiger partial charge in [0.1, 0.15) is 0 Å². The molecule has 0 bridgehead atoms. The molecule has 0 saturated heterocycles. The lowest BCUT2D eigenvalue weighted by Gasteiger charge is -2.19. The van der Waals surface area contributed by atoms with Crippen LogP contribution in [-0.2, 0) is 4.79 Å². The molecule has 3 nitrogen and oxygen atoms in total. The number of aliphatic hydroxyl groups excluding tert-OH is 1. The first-order chi connectivity index (χ1) is 9.08. The van der Waals surface area contributed by atoms with Crippen LogP contribution in [0.2, 0.25) is 0 Å². The SMILES string of the molecule is C=CCN(CCO)C(=O)CSc1ccc(Br)cc1C. The topological polar surface area (TPSA) is 40.5 Å². The summed E-state index contributed by atoms with van der Waals surface area (Å²) in [5, 5.41) is 8.93. The van der Waals surface area contributed by atoms with Crippen LogP contribution in [0.3, 0.4) is 0 Å². The number of carbonyl (C=O) groups excluding carboxylic acids is 1. The molecular weight excluding hydrogens is 326 g/mol. The molecule has 0 atom stereocenters. The lowest BCUT2D eigenvalue weighted by molar-refractivity contribution is -0.128. The van der Waals surface area contributed by atoms with Crippen LogP contribution in [0.1, 0.15) is 5.56 Å². The third-order valence-electron chi connectivity index (χ3n) is 2.56. The van der Waals surface area contributed by atoms with Gasteiger partial charge in [0.15, 0.2) is 0 Å². The molecule has 104 valence electrons. The van der Waals surface area contributed by atoms with Crippen LogP contribution in [0, 0.1) is 6.92 Å². The molecule has 1 rings (SSSR count). The zero-order valence-corrected chi connectivity index (χ0v) is 13.3. The van der Waals surface area contributed by atoms with Crippen LogP contribution in [0.15, 0.2) is 40.2 Å². The lowest BCUT2D eigenvalue weighted by atomic mass is 10.2. The van der Waals surface area contributed by atoms with Gasteiger partial charge in [0.05, 0.1) is 12.4 Å². The number of halogens is 1. The van der Waals surface area contributed by atoms with Crippen LogP contribution in [0.25, 0.3) is 0 Å². The molecule has 0 unspecified atom stereocenters. The van der Waals surface area contributed by atoms with Crippen molar-refractivity contribution in [3.8, 4) is 0 Å². The van der Waals surface area contributed by atoms with Gasteiger partial charge in [-0.2, -0.15) is 0 Å². The van der Waals surface area contributed by atoms with Crippen molar-refractivity contribution in [3.63, 3.8) is 0 Å². The van der Waals surface area contributed by atoms with Crippen LogP contribution in [0.4, 0.5) is 0 Å². The molecule has 0 saturated carbocycles. The van der Waals surface area contributed by atoms with E-state index in [0.717, 1.165) is 14.9 Å². The number of hydrogen-bond acceptors (Lipinski definition) is 3. The van der Waals surface area contributed by atoms with Crippen molar-refractivity contribution in [1.82, 2.24) is 4.90 Å². The third-order valence-corrected chi connectivity index (χ3v) is 4.21. The Kier molecular flexibility index (Phi) is 7.20. The van der Waals surface area contributed by atoms with Crippen LogP contribution in [0.5, 0.6) is 0 Å². The molecule has 19 heavy (non-hydrogen) atoms. The predicted molar refractivity (Wildman–Crippen MR) is 83.5 cm³/mol. The summed E-state index contributed by atoms with van der Waals surface area (Å²) in [6.07, 6.45) is 1.67. The van der Waals surface area contributed by atoms with E-state index in [-0.39, 0.29) is 12.5 Å². The fourth-order valence-corrected chi connectivity index (χ4v) is 2.99. The van der Waals surface area contributed by atoms with Gasteiger partial charge >= 0.3 is 0 Å². The molecule has 1 amide bonds. The molecule has 1 N–H and O–H groups in total. The van der Waals surface area contributed by atoms with Gasteiger partial charge in [0.25, 0.3) is 0 Å². The van der Waals surface area contributed by atoms with Crippen molar-refractivity contribution in [2.75, 3.05) is 25.4 Å². The Morgan fingerprint density at radius 3 is 2.89 bits per heavy atom. The molecule has 0 heterocycles. The van der Waals surface area contributed by atoms with E-state index >= 15 is 0 Å². The number of aryl methyl sites for hydroxylation is 1. The molecule has 0 radical (unpaired) electrons. The Balaban J connectivity index is 2.59. The maximum absolute atomic E-state index is 12.0. The van der Waals surface area contributed by atoms with Crippen LogP contribution < -0.4 is 0 Å². The first kappa shape index (κ1) is 16.3. The van der Waals surface area contributed by atoms with Gasteiger partial charge in [0, 0.05) is 22.5 Å². The van der Waals surface area contributed by atoms with Crippen molar-refractivity contribution >= 4 is 33.6 Å². The second-order valence-electron chi connectivity index (χ2n) is 4.05. The van der Waals surface area contributed by atoms with Gasteiger partial charge in [-0.25, -0.2) is 0 Å². The van der Waals surface area contributed by atoms with E-state index in [1.165, 1.54) is 11.8 Å². The first-order valence-corrected chi connectivity index (χ1v) is 7.74. The number of amides is 1. The normalized spacial score (nSPS) is 10.3. The van der Waals surface area contributed by atoms with E-state index in [1.807, 2.05) is 25.1 Å². The third kappa shape index (κ3) is 5.38. The average molecular weight is 344 g/mol. The molecule has 0 aromatic heterocycles. The fraction of sp³-hybridized carbons (Fsp3) is 0.357. The smallest absolute Gasteiger partial charge is 0.233 e. The average Bonchev–Trinajstić information content (AvgIpc) is 2.37. The van der Waals surface area contributed by atoms with Gasteiger partial charge in [-0.1, -0.05) is 22.0 Å². The molecule has 1 aromatic carbocycles. The van der Waals surface area contributed by atoms with Gasteiger partial charge in [-0.05, 0) is 30.7 Å². The highest BCUT2D eigenvalue weighted by molar-refractivity contribution is 9.10. The van der Waals surface area contributed by atoms with Crippen LogP contribution >= 0.6 is 27.7 Å². The zero-order valence-electron chi connectivity index (χ0n) is 10.9. The Morgan fingerprint density at radius 1 is 1.58 bits per heavy atom. The number of carbonyl (C=O) groups is 1. The number of benzene rings is 1. The Morgan fingerprint density at radius 2 is 2.32 bits per heavy atom. The number of hydrogen-bond donors (Lipinski definition) is 1. The van der Waals surface area contributed by atoms with Crippen molar-refractivity contribution in [3.05, 3.63) is 40.9 Å². The summed E-state index contributed by atoms with van der Waals surface area (Å²) in [6, 6.07) is 6.00. The van der Waals surface area contributed by atoms with Gasteiger partial charge < -0.3 is 10.0 Å². The molecule has 0 aliphatic rings. The predicted octanol–water partition coefficient (Wildman–Crippen LogP) is 2.86. The van der Waals surface area contributed by atoms with Crippen molar-refractivity contribution in [2.24, 2.45) is 0 Å². The summed E-state index contributed by atoms with van der Waals surface area (Å²) in [5.41, 5.74) is 1.14. The van der Waals surface area contributed by atoms with Gasteiger partial charge in [-0.3, -0.25) is 4.79 Å². The van der Waals surface area contributed by atoms with Crippen molar-refractivity contribution < 1.29 is 9.90 Å². The molecular formula is C14H18BrNO2S. The quantitative estimate of drug-likeness (QED) is 0.611. The van der Waals surface area contributed by atoms with Gasteiger partial charge in [0.2, 0.25) is 5.91 Å². The second kappa shape index (κ2) is 8.40. The summed E-state index contributed by atoms with van der Waals surface area (Å²) >= 11 is 4.93. The van der Waals surface area contributed by atoms with Crippen LogP contribution in [-0.4, -0.2) is 41.4 Å². The Labute approximate surface area is 126 Å². The fourth-order valence-electron chi connectivity index (χ4n) is 1.60. The Bertz CT molecular complexity index is 451. The van der Waals surface area contributed by atoms with E-state index in [2.05, 4.69) is 22.5 Å². The summed E-state index contributed by atoms with van der Waals surface area (Å²) in [6.45, 7) is 6.44. The van der Waals surface area contributed by atoms with Gasteiger partial charge in [-0.15, -0.1) is 18.3 Å². The monoisotopic (exact) mass is 343 g/mol. The summed E-state index contributed by atoms with van der Waals surface area (Å²) in [5.74, 6) is 0.386. The summed E-state index contributed by atoms with van der Waals surface area (Å²) < 4.78 is 1.04. The number of nitrogens with zero attached hydrogens (tertiary/aromatic N) is 1. The van der Waals surface area contributed by atoms with E-state index < -0.39 is 0 Å². The highest BCUT2D eigenvalue weighted by Gasteiger charge is 2.12. The maximum Gasteiger partial charge on any atom is 0.233 e. The number of rotatable bonds is 7. The summed E-state index contributed by atoms with van der Waals surface area (Å²) in [7, 11) is 0. The van der Waals surface area contributed by atoms with Crippen molar-refractivity contribution in [1.29, 1.82) is 0 Å². The molecule has 0 fully saturated rings. The molecule has 0 aliphatic carbocycles. The van der Waals surface area contributed by atoms with E-state index in [9.17, 15) is 4.79 Å². The number of thioether (sulfide) groups is 1.